The number of unbranched alkanes of at least 4 members (excludes halogenated alkanes) is 6. The largest absolute Gasteiger partial charge is 0.480 e. The first-order chi connectivity index (χ1) is 25.6. The maximum atomic E-state index is 12.2. The zero-order chi connectivity index (χ0) is 39.3. The molecule has 3 atom stereocenters. The Bertz CT molecular complexity index is 1220. The Labute approximate surface area is 318 Å². The lowest BCUT2D eigenvalue weighted by atomic mass is 10.1. The van der Waals surface area contributed by atoms with Gasteiger partial charge in [-0.25, -0.2) is 9.36 Å². The third-order valence-electron chi connectivity index (χ3n) is 7.41. The van der Waals surface area contributed by atoms with Crippen LogP contribution in [0.3, 0.4) is 0 Å². The van der Waals surface area contributed by atoms with E-state index in [1.807, 2.05) is 18.2 Å². The number of carboxylic acids is 1. The Balaban J connectivity index is 4.07. The minimum atomic E-state index is -4.77. The molecule has 53 heavy (non-hydrogen) atoms. The number of ether oxygens (including phenoxy) is 1. The number of hydrogen-bond acceptors (Lipinski definition) is 8. The molecule has 0 aliphatic carbocycles. The highest BCUT2D eigenvalue weighted by molar-refractivity contribution is 7.47. The summed E-state index contributed by atoms with van der Waals surface area (Å²) in [5.41, 5.74) is 0. The Morgan fingerprint density at radius 1 is 0.623 bits per heavy atom. The lowest BCUT2D eigenvalue weighted by molar-refractivity contribution is -0.147. The first-order valence-corrected chi connectivity index (χ1v) is 20.6. The van der Waals surface area contributed by atoms with E-state index in [0.717, 1.165) is 83.5 Å². The number of carbonyl (C=O) groups excluding carboxylic acids is 2. The van der Waals surface area contributed by atoms with Crippen LogP contribution in [0.5, 0.6) is 0 Å². The summed E-state index contributed by atoms with van der Waals surface area (Å²) in [6.07, 6.45) is 42.1. The predicted octanol–water partition coefficient (Wildman–Crippen LogP) is 9.16. The van der Waals surface area contributed by atoms with Gasteiger partial charge in [0.05, 0.1) is 13.2 Å². The monoisotopic (exact) mass is 763 g/mol. The van der Waals surface area contributed by atoms with E-state index >= 15 is 0 Å². The van der Waals surface area contributed by atoms with Crippen LogP contribution >= 0.6 is 7.82 Å². The van der Waals surface area contributed by atoms with Crippen LogP contribution in [0, 0.1) is 0 Å². The summed E-state index contributed by atoms with van der Waals surface area (Å²) in [6.45, 7) is 2.28. The molecule has 0 aromatic rings. The fourth-order valence-electron chi connectivity index (χ4n) is 4.46. The smallest absolute Gasteiger partial charge is 0.472 e. The number of phosphoric ester groups is 1. The number of carboxylic acid groups (broad SMARTS) is 1. The topological polar surface area (TPSA) is 169 Å². The Kier molecular flexibility index (Phi) is 33.4. The highest BCUT2D eigenvalue weighted by atomic mass is 31.2. The number of rotatable bonds is 34. The van der Waals surface area contributed by atoms with E-state index in [1.165, 1.54) is 0 Å². The van der Waals surface area contributed by atoms with Crippen LogP contribution in [0.4, 0.5) is 0 Å². The number of aliphatic carboxylic acids is 1. The molecule has 4 N–H and O–H groups in total. The van der Waals surface area contributed by atoms with Gasteiger partial charge < -0.3 is 25.2 Å². The second-order valence-electron chi connectivity index (χ2n) is 12.4. The minimum Gasteiger partial charge on any atom is -0.480 e. The van der Waals surface area contributed by atoms with Crippen molar-refractivity contribution < 1.29 is 47.8 Å². The third-order valence-corrected chi connectivity index (χ3v) is 8.36. The van der Waals surface area contributed by atoms with E-state index in [1.54, 1.807) is 0 Å². The molecule has 0 radical (unpaired) electrons. The SMILES string of the molecule is CC/C=C\C/C=C\C/C=C\C/C=C\C/C=C\C/C=C\CCC(=O)OCC(O)COP(=O)(O)OCC(NC(=O)CCCCCCC/C=C\CCC)C(=O)O. The molecule has 12 heteroatoms. The van der Waals surface area contributed by atoms with E-state index in [9.17, 15) is 34.1 Å². The number of aliphatic hydroxyl groups excluding tert-OH is 1. The number of amides is 1. The van der Waals surface area contributed by atoms with Crippen molar-refractivity contribution in [2.24, 2.45) is 0 Å². The number of nitrogens with one attached hydrogen (secondary N) is 1. The van der Waals surface area contributed by atoms with Crippen molar-refractivity contribution in [3.63, 3.8) is 0 Å². The number of carbonyl (C=O) groups is 3. The molecule has 3 unspecified atom stereocenters. The zero-order valence-corrected chi connectivity index (χ0v) is 32.9. The highest BCUT2D eigenvalue weighted by Gasteiger charge is 2.28. The summed E-state index contributed by atoms with van der Waals surface area (Å²) >= 11 is 0. The molecule has 0 saturated heterocycles. The molecule has 300 valence electrons. The lowest BCUT2D eigenvalue weighted by Gasteiger charge is -2.18. The molecule has 0 aliphatic rings. The molecule has 0 heterocycles. The molecule has 0 spiro atoms. The lowest BCUT2D eigenvalue weighted by Crippen LogP contribution is -2.43. The molecule has 0 aliphatic heterocycles. The Hall–Kier alpha value is -3.34. The average molecular weight is 764 g/mol. The molecule has 0 fully saturated rings. The van der Waals surface area contributed by atoms with Crippen molar-refractivity contribution in [2.75, 3.05) is 19.8 Å². The highest BCUT2D eigenvalue weighted by Crippen LogP contribution is 2.43. The van der Waals surface area contributed by atoms with Crippen LogP contribution in [-0.4, -0.2) is 64.9 Å². The summed E-state index contributed by atoms with van der Waals surface area (Å²) in [5.74, 6) is -2.50. The van der Waals surface area contributed by atoms with Crippen molar-refractivity contribution in [1.29, 1.82) is 0 Å². The molecule has 0 aromatic heterocycles. The Morgan fingerprint density at radius 3 is 1.68 bits per heavy atom. The fourth-order valence-corrected chi connectivity index (χ4v) is 5.23. The number of phosphoric acid groups is 1. The van der Waals surface area contributed by atoms with Crippen LogP contribution in [-0.2, 0) is 32.7 Å². The van der Waals surface area contributed by atoms with Gasteiger partial charge >= 0.3 is 19.8 Å². The molecular formula is C41H66NO10P. The maximum absolute atomic E-state index is 12.2. The number of allylic oxidation sites excluding steroid dienone is 14. The second kappa shape index (κ2) is 35.7. The summed E-state index contributed by atoms with van der Waals surface area (Å²) in [6, 6.07) is -1.56. The third kappa shape index (κ3) is 35.5. The average Bonchev–Trinajstić information content (AvgIpc) is 3.13. The van der Waals surface area contributed by atoms with Crippen molar-refractivity contribution in [3.05, 3.63) is 85.1 Å². The van der Waals surface area contributed by atoms with Gasteiger partial charge in [-0.2, -0.15) is 0 Å². The fraction of sp³-hybridized carbons (Fsp3) is 0.585. The standard InChI is InChI=1S/C41H66NO10P/c1-3-5-7-9-11-13-15-16-17-18-19-20-21-22-23-25-27-29-31-33-40(45)50-34-37(43)35-51-53(48,49)52-36-38(41(46)47)42-39(44)32-30-28-26-24-14-12-10-8-6-4-2/h5,7-8,10-11,13,16-17,19-20,22-23,27,29,37-38,43H,3-4,6,9,12,14-15,18,21,24-26,28,30-36H2,1-2H3,(H,42,44)(H,46,47)(H,48,49)/b7-5-,10-8-,13-11-,17-16-,20-19-,23-22-,29-27-. The van der Waals surface area contributed by atoms with Gasteiger partial charge in [-0.05, 0) is 70.6 Å². The van der Waals surface area contributed by atoms with Crippen molar-refractivity contribution in [2.45, 2.75) is 135 Å². The second-order valence-corrected chi connectivity index (χ2v) is 13.8. The van der Waals surface area contributed by atoms with E-state index in [0.29, 0.717) is 12.8 Å². The minimum absolute atomic E-state index is 0.0939. The van der Waals surface area contributed by atoms with E-state index in [4.69, 9.17) is 13.8 Å². The van der Waals surface area contributed by atoms with Gasteiger partial charge in [0, 0.05) is 12.8 Å². The summed E-state index contributed by atoms with van der Waals surface area (Å²) in [5, 5.41) is 21.7. The van der Waals surface area contributed by atoms with Gasteiger partial charge in [0.25, 0.3) is 0 Å². The maximum Gasteiger partial charge on any atom is 0.472 e. The molecule has 1 amide bonds. The van der Waals surface area contributed by atoms with Crippen LogP contribution in [0.15, 0.2) is 85.1 Å². The van der Waals surface area contributed by atoms with Gasteiger partial charge in [-0.1, -0.05) is 125 Å². The van der Waals surface area contributed by atoms with Gasteiger partial charge in [0.2, 0.25) is 5.91 Å². The molecule has 11 nitrogen and oxygen atoms in total. The van der Waals surface area contributed by atoms with Crippen molar-refractivity contribution >= 4 is 25.7 Å². The summed E-state index contributed by atoms with van der Waals surface area (Å²) in [4.78, 5) is 45.6. The number of esters is 1. The van der Waals surface area contributed by atoms with E-state index in [2.05, 4.69) is 86.0 Å². The quantitative estimate of drug-likeness (QED) is 0.0215. The number of aliphatic hydroxyl groups is 1. The molecule has 0 rings (SSSR count). The molecular weight excluding hydrogens is 697 g/mol. The molecule has 0 bridgehead atoms. The molecule has 0 aromatic carbocycles. The zero-order valence-electron chi connectivity index (χ0n) is 32.0. The van der Waals surface area contributed by atoms with Gasteiger partial charge in [-0.15, -0.1) is 0 Å². The van der Waals surface area contributed by atoms with Crippen LogP contribution in [0.2, 0.25) is 0 Å². The summed E-state index contributed by atoms with van der Waals surface area (Å²) in [7, 11) is -4.77. The van der Waals surface area contributed by atoms with Crippen LogP contribution < -0.4 is 5.32 Å². The summed E-state index contributed by atoms with van der Waals surface area (Å²) < 4.78 is 26.6. The first-order valence-electron chi connectivity index (χ1n) is 19.1. The predicted molar refractivity (Wildman–Crippen MR) is 212 cm³/mol. The van der Waals surface area contributed by atoms with Crippen molar-refractivity contribution in [1.82, 2.24) is 5.32 Å². The molecule has 0 saturated carbocycles. The van der Waals surface area contributed by atoms with E-state index < -0.39 is 57.6 Å². The first kappa shape index (κ1) is 49.7. The van der Waals surface area contributed by atoms with Gasteiger partial charge in [0.15, 0.2) is 6.04 Å². The Morgan fingerprint density at radius 2 is 1.11 bits per heavy atom. The van der Waals surface area contributed by atoms with Crippen molar-refractivity contribution in [3.8, 4) is 0 Å². The van der Waals surface area contributed by atoms with Crippen LogP contribution in [0.1, 0.15) is 123 Å². The normalized spacial score (nSPS) is 14.8. The van der Waals surface area contributed by atoms with E-state index in [-0.39, 0.29) is 12.8 Å². The van der Waals surface area contributed by atoms with Crippen LogP contribution in [0.25, 0.3) is 0 Å². The van der Waals surface area contributed by atoms with Gasteiger partial charge in [0.1, 0.15) is 12.7 Å². The number of hydrogen-bond donors (Lipinski definition) is 4. The van der Waals surface area contributed by atoms with Gasteiger partial charge in [-0.3, -0.25) is 18.6 Å².